The Balaban J connectivity index is 3.28. The smallest absolute Gasteiger partial charge is 0.207 e. The van der Waals surface area contributed by atoms with Crippen molar-refractivity contribution in [2.24, 2.45) is 0 Å². The molecule has 0 saturated carbocycles. The fourth-order valence-corrected chi connectivity index (χ4v) is 1.39. The average Bonchev–Trinajstić information content (AvgIpc) is 1.82. The molecule has 66 valence electrons. The van der Waals surface area contributed by atoms with E-state index in [-0.39, 0.29) is 10.0 Å². The van der Waals surface area contributed by atoms with Gasteiger partial charge in [-0.1, -0.05) is 23.2 Å². The minimum Gasteiger partial charge on any atom is -0.207 e. The van der Waals surface area contributed by atoms with E-state index >= 15 is 0 Å². The molecule has 0 heterocycles. The first-order valence-corrected chi connectivity index (χ1v) is 3.70. The van der Waals surface area contributed by atoms with Crippen LogP contribution in [-0.4, -0.2) is 0 Å². The first kappa shape index (κ1) is 9.68. The Morgan fingerprint density at radius 2 is 1.50 bits per heavy atom. The molecular formula is C7H3Cl2F3. The van der Waals surface area contributed by atoms with Crippen molar-refractivity contribution in [1.29, 1.82) is 0 Å². The normalized spacial score (nSPS) is 10.8. The standard InChI is InChI=1S/C7H3Cl2F3/c8-4-1-3(10)2-5(9)6(4)7(11)12/h1-2,7H. The number of hydrogen-bond donors (Lipinski definition) is 0. The van der Waals surface area contributed by atoms with Crippen molar-refractivity contribution in [2.45, 2.75) is 6.43 Å². The lowest BCUT2D eigenvalue weighted by Gasteiger charge is -2.04. The van der Waals surface area contributed by atoms with Gasteiger partial charge in [0, 0.05) is 0 Å². The second-order valence-electron chi connectivity index (χ2n) is 2.08. The van der Waals surface area contributed by atoms with E-state index in [4.69, 9.17) is 23.2 Å². The predicted octanol–water partition coefficient (Wildman–Crippen LogP) is 4.07. The monoisotopic (exact) mass is 214 g/mol. The van der Waals surface area contributed by atoms with Crippen LogP contribution in [0.5, 0.6) is 0 Å². The Bertz CT molecular complexity index is 276. The van der Waals surface area contributed by atoms with Gasteiger partial charge < -0.3 is 0 Å². The van der Waals surface area contributed by atoms with Crippen molar-refractivity contribution in [2.75, 3.05) is 0 Å². The van der Waals surface area contributed by atoms with Crippen molar-refractivity contribution in [3.8, 4) is 0 Å². The number of alkyl halides is 2. The molecule has 0 fully saturated rings. The number of hydrogen-bond acceptors (Lipinski definition) is 0. The van der Waals surface area contributed by atoms with Crippen LogP contribution in [0.4, 0.5) is 13.2 Å². The first-order chi connectivity index (χ1) is 5.52. The highest BCUT2D eigenvalue weighted by atomic mass is 35.5. The van der Waals surface area contributed by atoms with Crippen LogP contribution in [0.2, 0.25) is 10.0 Å². The van der Waals surface area contributed by atoms with Crippen molar-refractivity contribution in [3.05, 3.63) is 33.6 Å². The molecular weight excluding hydrogens is 212 g/mol. The van der Waals surface area contributed by atoms with E-state index in [0.717, 1.165) is 12.1 Å². The van der Waals surface area contributed by atoms with Gasteiger partial charge in [-0.05, 0) is 12.1 Å². The van der Waals surface area contributed by atoms with Crippen LogP contribution in [-0.2, 0) is 0 Å². The molecule has 1 aromatic rings. The Morgan fingerprint density at radius 1 is 1.08 bits per heavy atom. The first-order valence-electron chi connectivity index (χ1n) is 2.95. The van der Waals surface area contributed by atoms with E-state index in [9.17, 15) is 13.2 Å². The molecule has 1 rings (SSSR count). The molecule has 0 aliphatic heterocycles. The molecule has 0 radical (unpaired) electrons. The summed E-state index contributed by atoms with van der Waals surface area (Å²) in [4.78, 5) is 0. The maximum absolute atomic E-state index is 12.5. The molecule has 12 heavy (non-hydrogen) atoms. The van der Waals surface area contributed by atoms with E-state index in [0.29, 0.717) is 0 Å². The summed E-state index contributed by atoms with van der Waals surface area (Å²) in [6, 6.07) is 1.60. The van der Waals surface area contributed by atoms with E-state index in [2.05, 4.69) is 0 Å². The van der Waals surface area contributed by atoms with Crippen molar-refractivity contribution < 1.29 is 13.2 Å². The van der Waals surface area contributed by atoms with E-state index in [1.165, 1.54) is 0 Å². The summed E-state index contributed by atoms with van der Waals surface area (Å²) < 4.78 is 36.7. The van der Waals surface area contributed by atoms with E-state index in [1.807, 2.05) is 0 Å². The molecule has 0 bridgehead atoms. The lowest BCUT2D eigenvalue weighted by Crippen LogP contribution is -1.89. The van der Waals surface area contributed by atoms with Crippen LogP contribution in [0.25, 0.3) is 0 Å². The molecule has 0 amide bonds. The highest BCUT2D eigenvalue weighted by Crippen LogP contribution is 2.33. The summed E-state index contributed by atoms with van der Waals surface area (Å²) in [5, 5.41) is -0.704. The highest BCUT2D eigenvalue weighted by Gasteiger charge is 2.17. The minimum absolute atomic E-state index is 0.352. The van der Waals surface area contributed by atoms with Crippen LogP contribution in [0.1, 0.15) is 12.0 Å². The van der Waals surface area contributed by atoms with Gasteiger partial charge in [0.2, 0.25) is 0 Å². The van der Waals surface area contributed by atoms with Gasteiger partial charge in [0.15, 0.2) is 0 Å². The fraction of sp³-hybridized carbons (Fsp3) is 0.143. The average molecular weight is 215 g/mol. The lowest BCUT2D eigenvalue weighted by atomic mass is 10.2. The molecule has 0 saturated heterocycles. The molecule has 5 heteroatoms. The molecule has 0 aliphatic carbocycles. The number of halogens is 5. The van der Waals surface area contributed by atoms with Crippen LogP contribution in [0.15, 0.2) is 12.1 Å². The van der Waals surface area contributed by atoms with E-state index < -0.39 is 17.8 Å². The summed E-state index contributed by atoms with van der Waals surface area (Å²) in [5.41, 5.74) is -0.528. The van der Waals surface area contributed by atoms with Crippen molar-refractivity contribution >= 4 is 23.2 Å². The zero-order valence-electron chi connectivity index (χ0n) is 5.62. The van der Waals surface area contributed by atoms with E-state index in [1.54, 1.807) is 0 Å². The maximum atomic E-state index is 12.5. The van der Waals surface area contributed by atoms with Crippen molar-refractivity contribution in [3.63, 3.8) is 0 Å². The van der Waals surface area contributed by atoms with Crippen molar-refractivity contribution in [1.82, 2.24) is 0 Å². The van der Waals surface area contributed by atoms with Gasteiger partial charge in [0.05, 0.1) is 15.6 Å². The van der Waals surface area contributed by atoms with Gasteiger partial charge in [0.25, 0.3) is 6.43 Å². The van der Waals surface area contributed by atoms with Gasteiger partial charge in [-0.15, -0.1) is 0 Å². The largest absolute Gasteiger partial charge is 0.266 e. The third-order valence-corrected chi connectivity index (χ3v) is 1.89. The summed E-state index contributed by atoms with van der Waals surface area (Å²) in [7, 11) is 0. The molecule has 0 unspecified atom stereocenters. The van der Waals surface area contributed by atoms with Crippen LogP contribution in [0.3, 0.4) is 0 Å². The number of benzene rings is 1. The Kier molecular flexibility index (Phi) is 2.85. The topological polar surface area (TPSA) is 0 Å². The van der Waals surface area contributed by atoms with Crippen LogP contribution >= 0.6 is 23.2 Å². The second kappa shape index (κ2) is 3.54. The molecule has 0 spiro atoms. The second-order valence-corrected chi connectivity index (χ2v) is 2.90. The minimum atomic E-state index is -2.79. The number of rotatable bonds is 1. The quantitative estimate of drug-likeness (QED) is 0.662. The molecule has 1 aromatic carbocycles. The summed E-state index contributed by atoms with van der Waals surface area (Å²) in [6.45, 7) is 0. The SMILES string of the molecule is Fc1cc(Cl)c(C(F)F)c(Cl)c1. The third kappa shape index (κ3) is 1.84. The molecule has 0 N–H and O–H groups in total. The van der Waals surface area contributed by atoms with Gasteiger partial charge >= 0.3 is 0 Å². The maximum Gasteiger partial charge on any atom is 0.266 e. The molecule has 0 aromatic heterocycles. The Labute approximate surface area is 76.9 Å². The Morgan fingerprint density at radius 3 is 1.83 bits per heavy atom. The fourth-order valence-electron chi connectivity index (χ4n) is 0.762. The zero-order chi connectivity index (χ0) is 9.30. The van der Waals surface area contributed by atoms with Gasteiger partial charge in [0.1, 0.15) is 5.82 Å². The molecule has 0 atom stereocenters. The van der Waals surface area contributed by atoms with Gasteiger partial charge in [-0.2, -0.15) is 0 Å². The van der Waals surface area contributed by atoms with Crippen LogP contribution in [0, 0.1) is 5.82 Å². The van der Waals surface area contributed by atoms with Crippen LogP contribution < -0.4 is 0 Å². The summed E-state index contributed by atoms with van der Waals surface area (Å²) in [6.07, 6.45) is -2.79. The van der Waals surface area contributed by atoms with Gasteiger partial charge in [-0.25, -0.2) is 13.2 Å². The summed E-state index contributed by atoms with van der Waals surface area (Å²) >= 11 is 10.7. The predicted molar refractivity (Wildman–Crippen MR) is 41.4 cm³/mol. The lowest BCUT2D eigenvalue weighted by molar-refractivity contribution is 0.151. The molecule has 0 aliphatic rings. The zero-order valence-corrected chi connectivity index (χ0v) is 7.13. The van der Waals surface area contributed by atoms with Gasteiger partial charge in [-0.3, -0.25) is 0 Å². The highest BCUT2D eigenvalue weighted by molar-refractivity contribution is 6.36. The summed E-state index contributed by atoms with van der Waals surface area (Å²) in [5.74, 6) is -0.727. The Hall–Kier alpha value is -0.410. The third-order valence-electron chi connectivity index (χ3n) is 1.26. The molecule has 0 nitrogen and oxygen atoms in total.